The molecule has 0 saturated heterocycles. The Morgan fingerprint density at radius 2 is 1.77 bits per heavy atom. The minimum atomic E-state index is -4.61. The van der Waals surface area contributed by atoms with Crippen LogP contribution in [0.5, 0.6) is 5.75 Å². The van der Waals surface area contributed by atoms with Crippen LogP contribution in [0.25, 0.3) is 22.6 Å². The van der Waals surface area contributed by atoms with Gasteiger partial charge in [0.2, 0.25) is 0 Å². The lowest BCUT2D eigenvalue weighted by atomic mass is 9.95. The van der Waals surface area contributed by atoms with Crippen LogP contribution in [-0.2, 0) is 27.2 Å². The van der Waals surface area contributed by atoms with Crippen molar-refractivity contribution >= 4 is 14.0 Å². The second-order valence-electron chi connectivity index (χ2n) is 11.0. The van der Waals surface area contributed by atoms with Crippen LogP contribution in [-0.4, -0.2) is 48.9 Å². The highest BCUT2D eigenvalue weighted by Crippen LogP contribution is 2.32. The lowest BCUT2D eigenvalue weighted by Crippen LogP contribution is -2.32. The number of pyridine rings is 1. The molecule has 0 aliphatic rings. The molecule has 0 bridgehead atoms. The van der Waals surface area contributed by atoms with Gasteiger partial charge < -0.3 is 18.8 Å². The van der Waals surface area contributed by atoms with E-state index >= 15 is 0 Å². The molecule has 1 aromatic carbocycles. The summed E-state index contributed by atoms with van der Waals surface area (Å²) in [6.07, 6.45) is -2.30. The number of hydrogen-bond acceptors (Lipinski definition) is 6. The quantitative estimate of drug-likeness (QED) is 0.112. The number of esters is 1. The number of carbonyl (C=O) groups is 1. The molecule has 0 radical (unpaired) electrons. The third kappa shape index (κ3) is 8.12. The standard InChI is InChI=1S/C27H33F4N3O4Si/c1-26(2,25(35)36-3)16-38-22-10-8-18(13-20(22)28)21-9-7-19(14-32-21)24-33-23(27(29,30)31)15-34(24)17-37-11-12-39(4,5)6/h7-10,13-15H,11-12,16-17H2,1-6H3/q-1. The van der Waals surface area contributed by atoms with Crippen LogP contribution in [0, 0.1) is 11.2 Å². The van der Waals surface area contributed by atoms with Crippen molar-refractivity contribution < 1.29 is 36.6 Å². The molecule has 12 heteroatoms. The van der Waals surface area contributed by atoms with E-state index in [0.717, 1.165) is 12.2 Å². The van der Waals surface area contributed by atoms with E-state index in [1.807, 2.05) is 0 Å². The van der Waals surface area contributed by atoms with E-state index < -0.39 is 37.1 Å². The van der Waals surface area contributed by atoms with Gasteiger partial charge in [0, 0.05) is 30.1 Å². The van der Waals surface area contributed by atoms with E-state index in [1.165, 1.54) is 30.0 Å². The summed E-state index contributed by atoms with van der Waals surface area (Å²) in [7, 11) is -0.0891. The normalized spacial score (nSPS) is 12.5. The maximum Gasteiger partial charge on any atom is 0.434 e. The molecule has 0 fully saturated rings. The topological polar surface area (TPSA) is 75.5 Å². The summed E-state index contributed by atoms with van der Waals surface area (Å²) in [6, 6.07) is 8.28. The molecule has 2 aromatic heterocycles. The van der Waals surface area contributed by atoms with Gasteiger partial charge >= 0.3 is 12.1 Å². The van der Waals surface area contributed by atoms with Crippen LogP contribution >= 0.6 is 0 Å². The number of benzene rings is 1. The smallest absolute Gasteiger partial charge is 0.434 e. The zero-order chi connectivity index (χ0) is 29.0. The van der Waals surface area contributed by atoms with E-state index in [9.17, 15) is 22.4 Å². The van der Waals surface area contributed by atoms with Crippen LogP contribution in [0.2, 0.25) is 25.7 Å². The van der Waals surface area contributed by atoms with Gasteiger partial charge in [-0.25, -0.2) is 9.37 Å². The molecule has 0 atom stereocenters. The molecule has 0 aliphatic heterocycles. The molecule has 213 valence electrons. The first kappa shape index (κ1) is 30.3. The number of aromatic nitrogens is 3. The average Bonchev–Trinajstić information content (AvgIpc) is 3.30. The minimum Gasteiger partial charge on any atom is -0.489 e. The highest BCUT2D eigenvalue weighted by Gasteiger charge is 2.35. The van der Waals surface area contributed by atoms with Crippen LogP contribution in [0.1, 0.15) is 19.5 Å². The lowest BCUT2D eigenvalue weighted by molar-refractivity contribution is -0.152. The van der Waals surface area contributed by atoms with Crippen LogP contribution < -0.4 is 4.74 Å². The van der Waals surface area contributed by atoms with E-state index in [2.05, 4.69) is 29.6 Å². The molecule has 0 N–H and O–H groups in total. The van der Waals surface area contributed by atoms with Gasteiger partial charge in [0.15, 0.2) is 17.3 Å². The van der Waals surface area contributed by atoms with Gasteiger partial charge in [0.1, 0.15) is 19.2 Å². The first-order chi connectivity index (χ1) is 18.1. The van der Waals surface area contributed by atoms with Crippen molar-refractivity contribution in [3.8, 4) is 28.4 Å². The van der Waals surface area contributed by atoms with Gasteiger partial charge in [0.05, 0.1) is 18.2 Å². The molecule has 0 aliphatic carbocycles. The molecular weight excluding hydrogens is 534 g/mol. The minimum absolute atomic E-state index is 0.0387. The van der Waals surface area contributed by atoms with Crippen LogP contribution in [0.15, 0.2) is 42.7 Å². The van der Waals surface area contributed by atoms with Gasteiger partial charge in [-0.05, 0) is 44.2 Å². The van der Waals surface area contributed by atoms with E-state index in [0.29, 0.717) is 23.4 Å². The summed E-state index contributed by atoms with van der Waals surface area (Å²) in [5.74, 6) is -1.11. The number of carbonyl (C=O) groups excluding carboxylic acids is 1. The summed E-state index contributed by atoms with van der Waals surface area (Å²) in [5.41, 5.74) is -0.793. The Balaban J connectivity index is 1.78. The molecular formula is C27H33F4N3O4Si-. The van der Waals surface area contributed by atoms with Gasteiger partial charge in [-0.2, -0.15) is 32.8 Å². The third-order valence-electron chi connectivity index (χ3n) is 5.87. The van der Waals surface area contributed by atoms with Gasteiger partial charge in [0.25, 0.3) is 0 Å². The maximum atomic E-state index is 14.7. The molecule has 0 amide bonds. The fourth-order valence-corrected chi connectivity index (χ4v) is 4.25. The van der Waals surface area contributed by atoms with Crippen molar-refractivity contribution in [2.24, 2.45) is 5.41 Å². The maximum absolute atomic E-state index is 14.7. The molecule has 0 saturated carbocycles. The Morgan fingerprint density at radius 3 is 2.33 bits per heavy atom. The van der Waals surface area contributed by atoms with Crippen molar-refractivity contribution in [3.05, 3.63) is 54.2 Å². The van der Waals surface area contributed by atoms with Crippen molar-refractivity contribution in [2.75, 3.05) is 20.3 Å². The first-order valence-corrected chi connectivity index (χ1v) is 16.0. The van der Waals surface area contributed by atoms with Crippen molar-refractivity contribution in [2.45, 2.75) is 52.4 Å². The van der Waals surface area contributed by atoms with E-state index in [4.69, 9.17) is 14.2 Å². The van der Waals surface area contributed by atoms with Gasteiger partial charge in [-0.1, -0.05) is 0 Å². The molecule has 2 heterocycles. The number of alkyl halides is 3. The summed E-state index contributed by atoms with van der Waals surface area (Å²) >= 11 is 0. The van der Waals surface area contributed by atoms with Crippen molar-refractivity contribution in [1.29, 1.82) is 0 Å². The predicted octanol–water partition coefficient (Wildman–Crippen LogP) is 6.66. The monoisotopic (exact) mass is 567 g/mol. The lowest BCUT2D eigenvalue weighted by Gasteiger charge is -2.26. The Morgan fingerprint density at radius 1 is 1.08 bits per heavy atom. The molecule has 3 rings (SSSR count). The largest absolute Gasteiger partial charge is 0.489 e. The highest BCUT2D eigenvalue weighted by molar-refractivity contribution is 6.76. The van der Waals surface area contributed by atoms with Crippen molar-refractivity contribution in [1.82, 2.24) is 14.5 Å². The van der Waals surface area contributed by atoms with Crippen molar-refractivity contribution in [3.63, 3.8) is 0 Å². The number of rotatable bonds is 11. The number of imidazole rings is 1. The van der Waals surface area contributed by atoms with Crippen LogP contribution in [0.3, 0.4) is 0 Å². The molecule has 3 aromatic rings. The molecule has 0 spiro atoms. The Hall–Kier alpha value is -3.25. The summed E-state index contributed by atoms with van der Waals surface area (Å²) in [6.45, 7) is 10.1. The second-order valence-corrected chi connectivity index (χ2v) is 16.6. The predicted molar refractivity (Wildman–Crippen MR) is 141 cm³/mol. The second kappa shape index (κ2) is 11.9. The number of hydrogen-bond donors (Lipinski definition) is 0. The Bertz CT molecular complexity index is 1290. The highest BCUT2D eigenvalue weighted by atomic mass is 28.3. The SMILES string of the molecule is COC(=O)C(C)(C)COc1ccc(-c2ccc(-c3nc(C(F)(F)F)cn3COCC[Si-](C)(C)C)cn2)cc1F. The Kier molecular flexibility index (Phi) is 9.22. The third-order valence-corrected chi connectivity index (χ3v) is 7.57. The first-order valence-electron chi connectivity index (χ1n) is 12.3. The summed E-state index contributed by atoms with van der Waals surface area (Å²) in [5, 5.41) is 0. The van der Waals surface area contributed by atoms with E-state index in [-0.39, 0.29) is 24.9 Å². The van der Waals surface area contributed by atoms with E-state index in [1.54, 1.807) is 32.0 Å². The molecule has 7 nitrogen and oxygen atoms in total. The summed E-state index contributed by atoms with van der Waals surface area (Å²) in [4.78, 5) is 19.9. The zero-order valence-electron chi connectivity index (χ0n) is 22.9. The average molecular weight is 568 g/mol. The van der Waals surface area contributed by atoms with Gasteiger partial charge in [-0.3, -0.25) is 9.78 Å². The zero-order valence-corrected chi connectivity index (χ0v) is 23.9. The fourth-order valence-electron chi connectivity index (χ4n) is 3.49. The number of ether oxygens (including phenoxy) is 3. The summed E-state index contributed by atoms with van der Waals surface area (Å²) < 4.78 is 72.0. The van der Waals surface area contributed by atoms with Gasteiger partial charge in [-0.15, -0.1) is 14.1 Å². The van der Waals surface area contributed by atoms with Crippen LogP contribution in [0.4, 0.5) is 17.6 Å². The molecule has 39 heavy (non-hydrogen) atoms. The number of methoxy groups -OCH3 is 1. The fraction of sp³-hybridized carbons (Fsp3) is 0.444. The Labute approximate surface area is 226 Å². The number of nitrogens with zero attached hydrogens (tertiary/aromatic N) is 3. The molecule has 0 unspecified atom stereocenters. The number of halogens is 4.